The number of carbonyl (C=O) groups is 1. The van der Waals surface area contributed by atoms with Crippen LogP contribution >= 0.6 is 0 Å². The standard InChI is InChI=1S/C19H21NO/c1-12-9-13(2)19(14(3)10-12)20-15(4)17-7-6-8-18(11-17)16(5)21/h6-11H,1-5H3. The van der Waals surface area contributed by atoms with E-state index >= 15 is 0 Å². The Hall–Kier alpha value is -2.22. The number of hydrogen-bond donors (Lipinski definition) is 0. The molecule has 0 saturated heterocycles. The molecule has 0 N–H and O–H groups in total. The highest BCUT2D eigenvalue weighted by Crippen LogP contribution is 2.26. The first-order chi connectivity index (χ1) is 9.88. The van der Waals surface area contributed by atoms with Gasteiger partial charge in [0.25, 0.3) is 0 Å². The van der Waals surface area contributed by atoms with E-state index in [0.29, 0.717) is 0 Å². The first-order valence-corrected chi connectivity index (χ1v) is 7.13. The van der Waals surface area contributed by atoms with Crippen molar-refractivity contribution in [2.24, 2.45) is 4.99 Å². The predicted octanol–water partition coefficient (Wildman–Crippen LogP) is 4.96. The first-order valence-electron chi connectivity index (χ1n) is 7.13. The van der Waals surface area contributed by atoms with Crippen LogP contribution < -0.4 is 0 Å². The van der Waals surface area contributed by atoms with Crippen molar-refractivity contribution in [1.82, 2.24) is 0 Å². The lowest BCUT2D eigenvalue weighted by Crippen LogP contribution is -1.99. The molecule has 0 bridgehead atoms. The van der Waals surface area contributed by atoms with E-state index in [1.807, 2.05) is 31.2 Å². The molecule has 0 aliphatic rings. The van der Waals surface area contributed by atoms with Gasteiger partial charge in [0.2, 0.25) is 0 Å². The third-order valence-corrected chi connectivity index (χ3v) is 3.60. The van der Waals surface area contributed by atoms with E-state index in [1.165, 1.54) is 16.7 Å². The molecule has 2 aromatic rings. The fourth-order valence-corrected chi connectivity index (χ4v) is 2.54. The van der Waals surface area contributed by atoms with Crippen LogP contribution in [0.2, 0.25) is 0 Å². The van der Waals surface area contributed by atoms with E-state index in [2.05, 4.69) is 32.9 Å². The van der Waals surface area contributed by atoms with Gasteiger partial charge in [-0.25, -0.2) is 0 Å². The van der Waals surface area contributed by atoms with E-state index in [1.54, 1.807) is 6.92 Å². The molecule has 0 atom stereocenters. The van der Waals surface area contributed by atoms with Gasteiger partial charge in [-0.05, 0) is 57.4 Å². The largest absolute Gasteiger partial charge is 0.295 e. The summed E-state index contributed by atoms with van der Waals surface area (Å²) in [6.07, 6.45) is 0. The van der Waals surface area contributed by atoms with Crippen LogP contribution in [0, 0.1) is 20.8 Å². The first kappa shape index (κ1) is 15.2. The molecule has 2 aromatic carbocycles. The summed E-state index contributed by atoms with van der Waals surface area (Å²) in [5.74, 6) is 0.0762. The summed E-state index contributed by atoms with van der Waals surface area (Å²) in [5, 5.41) is 0. The Balaban J connectivity index is 2.47. The molecule has 0 aliphatic carbocycles. The number of benzene rings is 2. The van der Waals surface area contributed by atoms with Crippen LogP contribution in [0.15, 0.2) is 41.4 Å². The van der Waals surface area contributed by atoms with Crippen LogP contribution in [-0.4, -0.2) is 11.5 Å². The van der Waals surface area contributed by atoms with Crippen molar-refractivity contribution in [2.45, 2.75) is 34.6 Å². The molecular formula is C19H21NO. The number of carbonyl (C=O) groups excluding carboxylic acids is 1. The maximum absolute atomic E-state index is 11.5. The molecule has 2 heteroatoms. The summed E-state index contributed by atoms with van der Waals surface area (Å²) in [6, 6.07) is 11.9. The van der Waals surface area contributed by atoms with Crippen molar-refractivity contribution in [1.29, 1.82) is 0 Å². The summed E-state index contributed by atoms with van der Waals surface area (Å²) >= 11 is 0. The molecule has 0 aliphatic heterocycles. The Morgan fingerprint density at radius 3 is 2.05 bits per heavy atom. The third kappa shape index (κ3) is 3.46. The van der Waals surface area contributed by atoms with Crippen molar-refractivity contribution >= 4 is 17.2 Å². The van der Waals surface area contributed by atoms with Crippen molar-refractivity contribution in [2.75, 3.05) is 0 Å². The Morgan fingerprint density at radius 2 is 1.48 bits per heavy atom. The Labute approximate surface area is 126 Å². The molecule has 0 radical (unpaired) electrons. The van der Waals surface area contributed by atoms with E-state index in [4.69, 9.17) is 4.99 Å². The SMILES string of the molecule is CC(=O)c1cccc(C(C)=Nc2c(C)cc(C)cc2C)c1. The minimum Gasteiger partial charge on any atom is -0.295 e. The van der Waals surface area contributed by atoms with Crippen LogP contribution in [0.3, 0.4) is 0 Å². The van der Waals surface area contributed by atoms with Gasteiger partial charge in [-0.15, -0.1) is 0 Å². The second kappa shape index (κ2) is 6.04. The molecule has 0 aromatic heterocycles. The lowest BCUT2D eigenvalue weighted by atomic mass is 10.0. The predicted molar refractivity (Wildman–Crippen MR) is 89.0 cm³/mol. The maximum Gasteiger partial charge on any atom is 0.159 e. The van der Waals surface area contributed by atoms with Crippen LogP contribution in [0.25, 0.3) is 0 Å². The van der Waals surface area contributed by atoms with Gasteiger partial charge < -0.3 is 0 Å². The highest BCUT2D eigenvalue weighted by Gasteiger charge is 2.06. The minimum absolute atomic E-state index is 0.0762. The van der Waals surface area contributed by atoms with Gasteiger partial charge in [-0.1, -0.05) is 35.9 Å². The zero-order valence-corrected chi connectivity index (χ0v) is 13.3. The number of aryl methyl sites for hydroxylation is 3. The molecule has 2 rings (SSSR count). The Kier molecular flexibility index (Phi) is 4.37. The zero-order chi connectivity index (χ0) is 15.6. The van der Waals surface area contributed by atoms with Gasteiger partial charge in [-0.2, -0.15) is 0 Å². The van der Waals surface area contributed by atoms with Gasteiger partial charge >= 0.3 is 0 Å². The summed E-state index contributed by atoms with van der Waals surface area (Å²) in [6.45, 7) is 9.82. The van der Waals surface area contributed by atoms with E-state index in [-0.39, 0.29) is 5.78 Å². The normalized spacial score (nSPS) is 11.6. The maximum atomic E-state index is 11.5. The minimum atomic E-state index is 0.0762. The molecule has 0 spiro atoms. The molecule has 0 fully saturated rings. The second-order valence-corrected chi connectivity index (χ2v) is 5.58. The lowest BCUT2D eigenvalue weighted by molar-refractivity contribution is 0.101. The molecular weight excluding hydrogens is 258 g/mol. The van der Waals surface area contributed by atoms with E-state index in [0.717, 1.165) is 22.5 Å². The fourth-order valence-electron chi connectivity index (χ4n) is 2.54. The van der Waals surface area contributed by atoms with E-state index in [9.17, 15) is 4.79 Å². The van der Waals surface area contributed by atoms with Gasteiger partial charge in [0.05, 0.1) is 5.69 Å². The average molecular weight is 279 g/mol. The molecule has 2 nitrogen and oxygen atoms in total. The lowest BCUT2D eigenvalue weighted by Gasteiger charge is -2.09. The van der Waals surface area contributed by atoms with Crippen molar-refractivity contribution in [3.63, 3.8) is 0 Å². The van der Waals surface area contributed by atoms with Crippen molar-refractivity contribution in [3.05, 3.63) is 64.2 Å². The zero-order valence-electron chi connectivity index (χ0n) is 13.3. The van der Waals surface area contributed by atoms with Crippen LogP contribution in [0.4, 0.5) is 5.69 Å². The second-order valence-electron chi connectivity index (χ2n) is 5.58. The molecule has 0 heterocycles. The Bertz CT molecular complexity index is 703. The Morgan fingerprint density at radius 1 is 0.905 bits per heavy atom. The van der Waals surface area contributed by atoms with Crippen molar-refractivity contribution in [3.8, 4) is 0 Å². The van der Waals surface area contributed by atoms with Crippen molar-refractivity contribution < 1.29 is 4.79 Å². The molecule has 0 unspecified atom stereocenters. The monoisotopic (exact) mass is 279 g/mol. The number of rotatable bonds is 3. The van der Waals surface area contributed by atoms with Gasteiger partial charge in [0.1, 0.15) is 0 Å². The van der Waals surface area contributed by atoms with Gasteiger partial charge in [0.15, 0.2) is 5.78 Å². The summed E-state index contributed by atoms with van der Waals surface area (Å²) in [7, 11) is 0. The number of Topliss-reactive ketones (excluding diaryl/α,β-unsaturated/α-hetero) is 1. The summed E-state index contributed by atoms with van der Waals surface area (Å²) in [5.41, 5.74) is 7.25. The summed E-state index contributed by atoms with van der Waals surface area (Å²) in [4.78, 5) is 16.3. The molecule has 108 valence electrons. The quantitative estimate of drug-likeness (QED) is 0.577. The molecule has 0 saturated carbocycles. The smallest absolute Gasteiger partial charge is 0.159 e. The number of hydrogen-bond acceptors (Lipinski definition) is 2. The third-order valence-electron chi connectivity index (χ3n) is 3.60. The van der Waals surface area contributed by atoms with E-state index < -0.39 is 0 Å². The molecule has 0 amide bonds. The average Bonchev–Trinajstić information content (AvgIpc) is 2.42. The van der Waals surface area contributed by atoms with Crippen LogP contribution in [0.5, 0.6) is 0 Å². The number of ketones is 1. The number of nitrogens with zero attached hydrogens (tertiary/aromatic N) is 1. The molecule has 21 heavy (non-hydrogen) atoms. The van der Waals surface area contributed by atoms with Crippen LogP contribution in [-0.2, 0) is 0 Å². The van der Waals surface area contributed by atoms with Crippen LogP contribution in [0.1, 0.15) is 46.5 Å². The topological polar surface area (TPSA) is 29.4 Å². The van der Waals surface area contributed by atoms with Gasteiger partial charge in [-0.3, -0.25) is 9.79 Å². The fraction of sp³-hybridized carbons (Fsp3) is 0.263. The number of aliphatic imine (C=N–C) groups is 1. The summed E-state index contributed by atoms with van der Waals surface area (Å²) < 4.78 is 0. The van der Waals surface area contributed by atoms with Gasteiger partial charge in [0, 0.05) is 11.3 Å². The highest BCUT2D eigenvalue weighted by atomic mass is 16.1. The highest BCUT2D eigenvalue weighted by molar-refractivity contribution is 6.03.